The predicted molar refractivity (Wildman–Crippen MR) is 277 cm³/mol. The normalized spacial score (nSPS) is 10.3. The van der Waals surface area contributed by atoms with Crippen LogP contribution in [0.4, 0.5) is 11.4 Å². The second kappa shape index (κ2) is 44.3. The molecule has 0 heterocycles. The third-order valence-corrected chi connectivity index (χ3v) is 14.7. The number of para-hydroxylation sites is 2. The van der Waals surface area contributed by atoms with Gasteiger partial charge in [-0.2, -0.15) is 0 Å². The van der Waals surface area contributed by atoms with Gasteiger partial charge in [-0.15, -0.1) is 0 Å². The molecule has 0 saturated heterocycles. The number of anilines is 2. The first kappa shape index (κ1) is 58.7. The van der Waals surface area contributed by atoms with Crippen LogP contribution in [-0.4, -0.2) is 56.5 Å². The van der Waals surface area contributed by atoms with Crippen molar-refractivity contribution in [2.24, 2.45) is 0 Å². The number of aliphatic hydroxyl groups excluding tert-OH is 1. The minimum absolute atomic E-state index is 0.127. The van der Waals surface area contributed by atoms with E-state index in [1.165, 1.54) is 79.6 Å². The molecule has 0 radical (unpaired) electrons. The fourth-order valence-corrected chi connectivity index (χ4v) is 10.3. The molecular formula is C52H77ClN3O3P2Ru+3. The number of hydrogen-bond acceptors (Lipinski definition) is 5. The van der Waals surface area contributed by atoms with Crippen molar-refractivity contribution >= 4 is 65.5 Å². The Kier molecular flexibility index (Phi) is 42.0. The number of nitrogen functional groups attached to an aromatic ring is 1. The van der Waals surface area contributed by atoms with E-state index >= 15 is 0 Å². The van der Waals surface area contributed by atoms with Crippen LogP contribution in [0.25, 0.3) is 0 Å². The molecule has 5 aromatic carbocycles. The monoisotopic (exact) mass is 990 g/mol. The topological polar surface area (TPSA) is 104 Å². The molecule has 1 amide bonds. The molecule has 0 fully saturated rings. The van der Waals surface area contributed by atoms with Crippen molar-refractivity contribution < 1.29 is 32.0 Å². The zero-order valence-corrected chi connectivity index (χ0v) is 42.2. The van der Waals surface area contributed by atoms with E-state index in [2.05, 4.69) is 139 Å². The van der Waals surface area contributed by atoms with Crippen LogP contribution in [-0.2, 0) is 26.9 Å². The number of unbranched alkanes of at least 4 members (excludes halogenated alkanes) is 9. The van der Waals surface area contributed by atoms with Gasteiger partial charge in [0.15, 0.2) is 0 Å². The molecule has 0 aliphatic carbocycles. The third kappa shape index (κ3) is 32.4. The number of carbonyl (C=O) groups is 1. The Bertz CT molecular complexity index is 1620. The van der Waals surface area contributed by atoms with E-state index in [1.54, 1.807) is 17.3 Å². The van der Waals surface area contributed by atoms with Crippen LogP contribution in [0.1, 0.15) is 90.9 Å². The standard InChI is InChI=1S/C23H27NP2.C14H21NO.C8H18O.C6H7N.CHO.ClH.Ru.H/c1-25(21-11-5-2-6-12-21)19-17-24-18-20-26(22-13-7-3-8-14-22)23-15-9-4-10-16-23;1-2-3-4-5-9-12-14(16)15-13-10-7-6-8-11-13;1-2-3-4-5-6-7-8-9;7-6-4-2-1-3-5-6;1-2;;;/h2-16,24H,17-20H2,1H3;6-8,10-11H,2-5,9,12H2,1H3,(H,15,16);9H,2-8H2,1H3;1-5H,7H2;1H;1H;;/q;;;;-1;;+3;/p+1. The van der Waals surface area contributed by atoms with Crippen LogP contribution in [0, 0.1) is 0 Å². The Balaban J connectivity index is 0.000000877. The Morgan fingerprint density at radius 2 is 0.968 bits per heavy atom. The molecule has 0 aliphatic rings. The average Bonchev–Trinajstić information content (AvgIpc) is 3.33. The quantitative estimate of drug-likeness (QED) is 0.0138. The summed E-state index contributed by atoms with van der Waals surface area (Å²) < 4.78 is 0. The first-order valence-corrected chi connectivity index (χ1v) is 28.5. The van der Waals surface area contributed by atoms with E-state index in [4.69, 9.17) is 15.6 Å². The molecule has 0 saturated carbocycles. The van der Waals surface area contributed by atoms with E-state index in [9.17, 15) is 4.79 Å². The van der Waals surface area contributed by atoms with Crippen LogP contribution in [0.5, 0.6) is 0 Å². The van der Waals surface area contributed by atoms with Crippen molar-refractivity contribution in [3.05, 3.63) is 152 Å². The average molecular weight is 991 g/mol. The summed E-state index contributed by atoms with van der Waals surface area (Å²) in [5, 5.41) is 19.6. The first-order valence-electron chi connectivity index (χ1n) is 22.2. The van der Waals surface area contributed by atoms with Crippen molar-refractivity contribution in [1.29, 1.82) is 0 Å². The zero-order chi connectivity index (χ0) is 45.7. The number of rotatable bonds is 22. The molecule has 340 valence electrons. The molecule has 0 spiro atoms. The Morgan fingerprint density at radius 3 is 1.40 bits per heavy atom. The molecule has 5 rings (SSSR count). The number of amides is 1. The van der Waals surface area contributed by atoms with Crippen LogP contribution in [0.2, 0.25) is 0 Å². The number of benzene rings is 5. The summed E-state index contributed by atoms with van der Waals surface area (Å²) in [6, 6.07) is 52.2. The van der Waals surface area contributed by atoms with E-state index in [0.29, 0.717) is 13.0 Å². The van der Waals surface area contributed by atoms with E-state index in [1.807, 2.05) is 60.7 Å². The van der Waals surface area contributed by atoms with Crippen LogP contribution >= 0.6 is 25.5 Å². The Hall–Kier alpha value is -3.27. The number of carbonyl (C=O) groups excluding carboxylic acids is 2. The van der Waals surface area contributed by atoms with Crippen LogP contribution < -0.4 is 32.3 Å². The summed E-state index contributed by atoms with van der Waals surface area (Å²) in [5.74, 6) is 0.127. The first-order chi connectivity index (χ1) is 30.5. The van der Waals surface area contributed by atoms with Gasteiger partial charge in [0.05, 0.1) is 42.8 Å². The SMILES string of the molecule is CCCCCCCC(=O)Nc1ccccc1.CCCCCCCCO.C[PH+](CCNCC[PH+](c1ccccc1)c1ccccc1)c1ccccc1.Nc1ccccc1.[CH-]=O.[Cl][RuH+2]. The summed E-state index contributed by atoms with van der Waals surface area (Å²) in [4.78, 5) is 19.3. The zero-order valence-electron chi connectivity index (χ0n) is 37.6. The van der Waals surface area contributed by atoms with E-state index in [-0.39, 0.29) is 5.91 Å². The van der Waals surface area contributed by atoms with Gasteiger partial charge in [0, 0.05) is 45.4 Å². The van der Waals surface area contributed by atoms with Gasteiger partial charge in [-0.05, 0) is 73.5 Å². The van der Waals surface area contributed by atoms with Gasteiger partial charge in [0.1, 0.15) is 0 Å². The van der Waals surface area contributed by atoms with Crippen molar-refractivity contribution in [1.82, 2.24) is 5.32 Å². The van der Waals surface area contributed by atoms with Crippen molar-refractivity contribution in [3.63, 3.8) is 0 Å². The van der Waals surface area contributed by atoms with Crippen molar-refractivity contribution in [2.75, 3.05) is 49.7 Å². The molecule has 62 heavy (non-hydrogen) atoms. The maximum absolute atomic E-state index is 11.5. The molecule has 5 N–H and O–H groups in total. The Labute approximate surface area is 392 Å². The second-order valence-electron chi connectivity index (χ2n) is 14.6. The van der Waals surface area contributed by atoms with Gasteiger partial charge >= 0.3 is 27.0 Å². The minimum atomic E-state index is -0.706. The van der Waals surface area contributed by atoms with Crippen LogP contribution in [0.3, 0.4) is 0 Å². The molecule has 10 heteroatoms. The number of halogens is 1. The molecule has 6 nitrogen and oxygen atoms in total. The van der Waals surface area contributed by atoms with Gasteiger partial charge in [0.25, 0.3) is 0 Å². The van der Waals surface area contributed by atoms with Gasteiger partial charge < -0.3 is 26.3 Å². The molecule has 5 aromatic rings. The molecule has 0 aliphatic heterocycles. The number of hydrogen-bond donors (Lipinski definition) is 4. The summed E-state index contributed by atoms with van der Waals surface area (Å²) in [7, 11) is 3.48. The molecule has 0 aromatic heterocycles. The third-order valence-electron chi connectivity index (χ3n) is 9.62. The van der Waals surface area contributed by atoms with Crippen molar-refractivity contribution in [2.45, 2.75) is 90.9 Å². The summed E-state index contributed by atoms with van der Waals surface area (Å²) in [6.07, 6.45) is 16.6. The molecule has 1 atom stereocenters. The maximum atomic E-state index is 11.5. The van der Waals surface area contributed by atoms with Crippen LogP contribution in [0.15, 0.2) is 152 Å². The van der Waals surface area contributed by atoms with Gasteiger partial charge in [-0.1, -0.05) is 163 Å². The summed E-state index contributed by atoms with van der Waals surface area (Å²) >= 11 is 1.62. The van der Waals surface area contributed by atoms with Gasteiger partial charge in [-0.25, -0.2) is 0 Å². The number of aliphatic hydroxyl groups is 1. The van der Waals surface area contributed by atoms with Gasteiger partial charge in [0.2, 0.25) is 5.91 Å². The number of nitrogens with one attached hydrogen (secondary N) is 2. The van der Waals surface area contributed by atoms with E-state index < -0.39 is 15.8 Å². The summed E-state index contributed by atoms with van der Waals surface area (Å²) in [5.41, 5.74) is 7.07. The molecule has 0 bridgehead atoms. The number of nitrogens with two attached hydrogens (primary N) is 1. The fourth-order valence-electron chi connectivity index (χ4n) is 6.19. The molecular weight excluding hydrogens is 913 g/mol. The second-order valence-corrected chi connectivity index (χ2v) is 19.8. The summed E-state index contributed by atoms with van der Waals surface area (Å²) in [6.45, 7) is 12.7. The van der Waals surface area contributed by atoms with Gasteiger partial charge in [-0.3, -0.25) is 11.6 Å². The fraction of sp³-hybridized carbons (Fsp3) is 0.385. The Morgan fingerprint density at radius 1 is 0.581 bits per heavy atom. The molecule has 1 unspecified atom stereocenters. The van der Waals surface area contributed by atoms with E-state index in [0.717, 1.165) is 43.7 Å². The predicted octanol–water partition coefficient (Wildman–Crippen LogP) is 11.3. The van der Waals surface area contributed by atoms with Crippen molar-refractivity contribution in [3.8, 4) is 0 Å².